The Balaban J connectivity index is 1.89. The third-order valence-corrected chi connectivity index (χ3v) is 4.14. The number of thiophene rings is 1. The molecule has 0 aliphatic carbocycles. The number of nitrogens with one attached hydrogen (secondary N) is 1. The van der Waals surface area contributed by atoms with Gasteiger partial charge in [-0.25, -0.2) is 0 Å². The van der Waals surface area contributed by atoms with Crippen LogP contribution in [0.5, 0.6) is 0 Å². The van der Waals surface area contributed by atoms with Crippen LogP contribution in [0.4, 0.5) is 11.4 Å². The van der Waals surface area contributed by atoms with Crippen molar-refractivity contribution >= 4 is 28.6 Å². The van der Waals surface area contributed by atoms with Crippen LogP contribution in [-0.4, -0.2) is 24.2 Å². The third kappa shape index (κ3) is 2.92. The number of amides is 1. The zero-order valence-corrected chi connectivity index (χ0v) is 12.1. The van der Waals surface area contributed by atoms with E-state index in [2.05, 4.69) is 17.2 Å². The normalized spacial score (nSPS) is 13.2. The van der Waals surface area contributed by atoms with Crippen LogP contribution in [0.2, 0.25) is 0 Å². The summed E-state index contributed by atoms with van der Waals surface area (Å²) in [6.45, 7) is 0.823. The van der Waals surface area contributed by atoms with E-state index in [1.165, 1.54) is 0 Å². The summed E-state index contributed by atoms with van der Waals surface area (Å²) in [6.07, 6.45) is 0. The number of fused-ring (bicyclic) bond motifs is 1. The SMILES string of the molecule is O=C1CN(Cc2sccc2C#CCO)c2ccccc2N1. The fraction of sp³-hybridized carbons (Fsp3) is 0.188. The molecule has 0 saturated carbocycles. The van der Waals surface area contributed by atoms with Crippen LogP contribution >= 0.6 is 11.3 Å². The first-order chi connectivity index (χ1) is 10.3. The van der Waals surface area contributed by atoms with Gasteiger partial charge >= 0.3 is 0 Å². The molecule has 4 nitrogen and oxygen atoms in total. The van der Waals surface area contributed by atoms with Crippen molar-refractivity contribution in [1.82, 2.24) is 0 Å². The molecule has 1 aromatic heterocycles. The van der Waals surface area contributed by atoms with E-state index in [1.54, 1.807) is 11.3 Å². The molecule has 2 heterocycles. The molecule has 0 bridgehead atoms. The second-order valence-electron chi connectivity index (χ2n) is 4.64. The van der Waals surface area contributed by atoms with Crippen LogP contribution in [0.1, 0.15) is 10.4 Å². The van der Waals surface area contributed by atoms with Crippen LogP contribution in [0, 0.1) is 11.8 Å². The van der Waals surface area contributed by atoms with Gasteiger partial charge in [0.15, 0.2) is 0 Å². The lowest BCUT2D eigenvalue weighted by atomic mass is 10.1. The van der Waals surface area contributed by atoms with Crippen LogP contribution < -0.4 is 10.2 Å². The van der Waals surface area contributed by atoms with E-state index in [0.29, 0.717) is 13.1 Å². The molecular weight excluding hydrogens is 284 g/mol. The molecule has 1 aliphatic heterocycles. The monoisotopic (exact) mass is 298 g/mol. The number of para-hydroxylation sites is 2. The van der Waals surface area contributed by atoms with Crippen molar-refractivity contribution in [2.75, 3.05) is 23.4 Å². The summed E-state index contributed by atoms with van der Waals surface area (Å²) in [5, 5.41) is 13.7. The van der Waals surface area contributed by atoms with Crippen molar-refractivity contribution in [1.29, 1.82) is 0 Å². The summed E-state index contributed by atoms with van der Waals surface area (Å²) in [6, 6.07) is 9.72. The van der Waals surface area contributed by atoms with Gasteiger partial charge in [0, 0.05) is 10.4 Å². The van der Waals surface area contributed by atoms with Gasteiger partial charge in [-0.1, -0.05) is 24.0 Å². The van der Waals surface area contributed by atoms with E-state index in [1.807, 2.05) is 40.6 Å². The van der Waals surface area contributed by atoms with Gasteiger partial charge in [-0.15, -0.1) is 11.3 Å². The van der Waals surface area contributed by atoms with E-state index in [-0.39, 0.29) is 12.5 Å². The van der Waals surface area contributed by atoms with E-state index < -0.39 is 0 Å². The number of benzene rings is 1. The van der Waals surface area contributed by atoms with E-state index in [0.717, 1.165) is 21.8 Å². The van der Waals surface area contributed by atoms with Crippen molar-refractivity contribution in [3.05, 3.63) is 46.2 Å². The van der Waals surface area contributed by atoms with Crippen LogP contribution in [0.3, 0.4) is 0 Å². The Morgan fingerprint density at radius 2 is 2.19 bits per heavy atom. The number of aliphatic hydroxyl groups is 1. The van der Waals surface area contributed by atoms with E-state index in [4.69, 9.17) is 5.11 Å². The van der Waals surface area contributed by atoms with Gasteiger partial charge in [0.25, 0.3) is 0 Å². The molecule has 0 spiro atoms. The van der Waals surface area contributed by atoms with Crippen molar-refractivity contribution < 1.29 is 9.90 Å². The van der Waals surface area contributed by atoms with Crippen molar-refractivity contribution in [3.8, 4) is 11.8 Å². The summed E-state index contributed by atoms with van der Waals surface area (Å²) >= 11 is 1.61. The maximum atomic E-state index is 11.8. The fourth-order valence-corrected chi connectivity index (χ4v) is 3.17. The van der Waals surface area contributed by atoms with Crippen molar-refractivity contribution in [3.63, 3.8) is 0 Å². The first-order valence-corrected chi connectivity index (χ1v) is 7.46. The van der Waals surface area contributed by atoms with E-state index in [9.17, 15) is 4.79 Å². The first-order valence-electron chi connectivity index (χ1n) is 6.58. The quantitative estimate of drug-likeness (QED) is 0.834. The van der Waals surface area contributed by atoms with Crippen molar-refractivity contribution in [2.24, 2.45) is 0 Å². The lowest BCUT2D eigenvalue weighted by Gasteiger charge is -2.30. The average Bonchev–Trinajstić information content (AvgIpc) is 2.92. The Labute approximate surface area is 127 Å². The van der Waals surface area contributed by atoms with Gasteiger partial charge in [0.05, 0.1) is 24.5 Å². The van der Waals surface area contributed by atoms with Gasteiger partial charge in [0.1, 0.15) is 6.61 Å². The first kappa shape index (κ1) is 13.7. The summed E-state index contributed by atoms with van der Waals surface area (Å²) in [5.41, 5.74) is 2.78. The molecule has 3 rings (SSSR count). The minimum Gasteiger partial charge on any atom is -0.384 e. The molecule has 2 N–H and O–H groups in total. The molecule has 0 saturated heterocycles. The molecule has 1 aliphatic rings. The van der Waals surface area contributed by atoms with Gasteiger partial charge < -0.3 is 15.3 Å². The molecule has 0 atom stereocenters. The highest BCUT2D eigenvalue weighted by atomic mass is 32.1. The molecule has 5 heteroatoms. The van der Waals surface area contributed by atoms with Gasteiger partial charge in [-0.3, -0.25) is 4.79 Å². The maximum Gasteiger partial charge on any atom is 0.243 e. The zero-order valence-electron chi connectivity index (χ0n) is 11.3. The molecular formula is C16H14N2O2S. The van der Waals surface area contributed by atoms with Crippen molar-refractivity contribution in [2.45, 2.75) is 6.54 Å². The van der Waals surface area contributed by atoms with E-state index >= 15 is 0 Å². The third-order valence-electron chi connectivity index (χ3n) is 3.24. The van der Waals surface area contributed by atoms with Crippen LogP contribution in [0.25, 0.3) is 0 Å². The summed E-state index contributed by atoms with van der Waals surface area (Å²) in [4.78, 5) is 15.0. The molecule has 106 valence electrons. The number of nitrogens with zero attached hydrogens (tertiary/aromatic N) is 1. The lowest BCUT2D eigenvalue weighted by molar-refractivity contribution is -0.115. The number of hydrogen-bond acceptors (Lipinski definition) is 4. The molecule has 2 aromatic rings. The minimum atomic E-state index is -0.149. The highest BCUT2D eigenvalue weighted by Crippen LogP contribution is 2.31. The Hall–Kier alpha value is -2.29. The second kappa shape index (κ2) is 6.00. The molecule has 1 amide bonds. The number of rotatable bonds is 2. The Kier molecular flexibility index (Phi) is 3.91. The van der Waals surface area contributed by atoms with Gasteiger partial charge in [0.2, 0.25) is 5.91 Å². The topological polar surface area (TPSA) is 52.6 Å². The molecule has 0 fully saturated rings. The smallest absolute Gasteiger partial charge is 0.243 e. The van der Waals surface area contributed by atoms with Gasteiger partial charge in [-0.2, -0.15) is 0 Å². The predicted molar refractivity (Wildman–Crippen MR) is 84.4 cm³/mol. The van der Waals surface area contributed by atoms with Crippen LogP contribution in [0.15, 0.2) is 35.7 Å². The van der Waals surface area contributed by atoms with Gasteiger partial charge in [-0.05, 0) is 23.6 Å². The number of carbonyl (C=O) groups is 1. The lowest BCUT2D eigenvalue weighted by Crippen LogP contribution is -2.37. The largest absolute Gasteiger partial charge is 0.384 e. The number of carbonyl (C=O) groups excluding carboxylic acids is 1. The molecule has 21 heavy (non-hydrogen) atoms. The number of anilines is 2. The average molecular weight is 298 g/mol. The second-order valence-corrected chi connectivity index (χ2v) is 5.64. The number of aliphatic hydroxyl groups excluding tert-OH is 1. The standard InChI is InChI=1S/C16H14N2O2S/c19-8-3-4-12-7-9-21-15(12)10-18-11-16(20)17-13-5-1-2-6-14(13)18/h1-2,5-7,9,19H,8,10-11H2,(H,17,20). The molecule has 0 radical (unpaired) electrons. The summed E-state index contributed by atoms with van der Waals surface area (Å²) in [7, 11) is 0. The zero-order chi connectivity index (χ0) is 14.7. The Morgan fingerprint density at radius 3 is 3.05 bits per heavy atom. The summed E-state index contributed by atoms with van der Waals surface area (Å²) < 4.78 is 0. The minimum absolute atomic E-state index is 0.00625. The molecule has 1 aromatic carbocycles. The predicted octanol–water partition coefficient (Wildman–Crippen LogP) is 2.05. The highest BCUT2D eigenvalue weighted by Gasteiger charge is 2.22. The number of hydrogen-bond donors (Lipinski definition) is 2. The molecule has 0 unspecified atom stereocenters. The summed E-state index contributed by atoms with van der Waals surface area (Å²) in [5.74, 6) is 5.62. The van der Waals surface area contributed by atoms with Crippen LogP contribution in [-0.2, 0) is 11.3 Å². The Morgan fingerprint density at radius 1 is 1.33 bits per heavy atom. The highest BCUT2D eigenvalue weighted by molar-refractivity contribution is 7.10. The maximum absolute atomic E-state index is 11.8. The Bertz CT molecular complexity index is 727. The fourth-order valence-electron chi connectivity index (χ4n) is 2.33.